The van der Waals surface area contributed by atoms with Gasteiger partial charge in [-0.1, -0.05) is 60.1 Å². The van der Waals surface area contributed by atoms with E-state index >= 15 is 0 Å². The number of rotatable bonds is 11. The van der Waals surface area contributed by atoms with Crippen LogP contribution in [0.2, 0.25) is 5.02 Å². The van der Waals surface area contributed by atoms with Gasteiger partial charge in [0.15, 0.2) is 0 Å². The molecule has 1 amide bonds. The summed E-state index contributed by atoms with van der Waals surface area (Å²) in [5.74, 6) is 0.556. The van der Waals surface area contributed by atoms with Gasteiger partial charge in [0.25, 0.3) is 0 Å². The first-order chi connectivity index (χ1) is 16.3. The van der Waals surface area contributed by atoms with Crippen LogP contribution in [0.1, 0.15) is 18.1 Å². The fourth-order valence-electron chi connectivity index (χ4n) is 3.37. The van der Waals surface area contributed by atoms with E-state index in [4.69, 9.17) is 21.1 Å². The van der Waals surface area contributed by atoms with Crippen LogP contribution in [0.5, 0.6) is 11.5 Å². The summed E-state index contributed by atoms with van der Waals surface area (Å²) in [6.07, 6.45) is 0.169. The summed E-state index contributed by atoms with van der Waals surface area (Å²) in [5.41, 5.74) is 1.59. The summed E-state index contributed by atoms with van der Waals surface area (Å²) in [4.78, 5) is 13.1. The predicted molar refractivity (Wildman–Crippen MR) is 132 cm³/mol. The molecule has 3 aromatic carbocycles. The topological polar surface area (TPSA) is 93.7 Å². The Bertz CT molecular complexity index is 1220. The maximum Gasteiger partial charge on any atom is 0.241 e. The SMILES string of the molecule is CCOc1ccc(S(=O)(=O)N[C@@H](Cc2ccccc2)C(=O)NCc2ccccc2OC)cc1Cl. The molecule has 0 unspecified atom stereocenters. The molecule has 0 radical (unpaired) electrons. The molecule has 3 aromatic rings. The molecule has 34 heavy (non-hydrogen) atoms. The van der Waals surface area contributed by atoms with E-state index < -0.39 is 22.0 Å². The number of methoxy groups -OCH3 is 1. The number of nitrogens with one attached hydrogen (secondary N) is 2. The molecule has 0 saturated carbocycles. The summed E-state index contributed by atoms with van der Waals surface area (Å²) in [6, 6.07) is 19.6. The third-order valence-electron chi connectivity index (χ3n) is 5.06. The minimum Gasteiger partial charge on any atom is -0.496 e. The van der Waals surface area contributed by atoms with Crippen molar-refractivity contribution in [1.82, 2.24) is 10.0 Å². The van der Waals surface area contributed by atoms with E-state index in [1.165, 1.54) is 18.2 Å². The van der Waals surface area contributed by atoms with Gasteiger partial charge >= 0.3 is 0 Å². The van der Waals surface area contributed by atoms with Crippen molar-refractivity contribution < 1.29 is 22.7 Å². The van der Waals surface area contributed by atoms with E-state index in [0.29, 0.717) is 18.1 Å². The van der Waals surface area contributed by atoms with Crippen molar-refractivity contribution >= 4 is 27.5 Å². The van der Waals surface area contributed by atoms with Crippen molar-refractivity contribution in [1.29, 1.82) is 0 Å². The van der Waals surface area contributed by atoms with E-state index in [2.05, 4.69) is 10.0 Å². The van der Waals surface area contributed by atoms with Crippen LogP contribution in [-0.4, -0.2) is 34.1 Å². The first-order valence-electron chi connectivity index (χ1n) is 10.7. The number of halogens is 1. The zero-order chi connectivity index (χ0) is 24.6. The van der Waals surface area contributed by atoms with Gasteiger partial charge in [-0.05, 0) is 43.2 Å². The number of amides is 1. The van der Waals surface area contributed by atoms with Crippen LogP contribution in [0.3, 0.4) is 0 Å². The maximum atomic E-state index is 13.1. The van der Waals surface area contributed by atoms with Crippen LogP contribution >= 0.6 is 11.6 Å². The maximum absolute atomic E-state index is 13.1. The molecule has 7 nitrogen and oxygen atoms in total. The van der Waals surface area contributed by atoms with Crippen LogP contribution in [0.25, 0.3) is 0 Å². The number of carbonyl (C=O) groups is 1. The number of hydrogen-bond donors (Lipinski definition) is 2. The quantitative estimate of drug-likeness (QED) is 0.414. The highest BCUT2D eigenvalue weighted by Gasteiger charge is 2.27. The predicted octanol–water partition coefficient (Wildman–Crippen LogP) is 3.95. The second-order valence-corrected chi connectivity index (χ2v) is 9.54. The van der Waals surface area contributed by atoms with Gasteiger partial charge < -0.3 is 14.8 Å². The Morgan fingerprint density at radius 3 is 2.38 bits per heavy atom. The summed E-state index contributed by atoms with van der Waals surface area (Å²) < 4.78 is 39.5. The Labute approximate surface area is 205 Å². The van der Waals surface area contributed by atoms with Gasteiger partial charge in [-0.2, -0.15) is 4.72 Å². The van der Waals surface area contributed by atoms with Crippen LogP contribution in [0.15, 0.2) is 77.7 Å². The smallest absolute Gasteiger partial charge is 0.241 e. The highest BCUT2D eigenvalue weighted by Crippen LogP contribution is 2.27. The lowest BCUT2D eigenvalue weighted by molar-refractivity contribution is -0.122. The number of ether oxygens (including phenoxy) is 2. The molecule has 0 aliphatic heterocycles. The Balaban J connectivity index is 1.82. The molecule has 0 saturated heterocycles. The standard InChI is InChI=1S/C25H27ClN2O5S/c1-3-33-24-14-13-20(16-21(24)26)34(30,31)28-22(15-18-9-5-4-6-10-18)25(29)27-17-19-11-7-8-12-23(19)32-2/h4-14,16,22,28H,3,15,17H2,1-2H3,(H,27,29)/t22-/m0/s1. The van der Waals surface area contributed by atoms with Crippen molar-refractivity contribution in [3.8, 4) is 11.5 Å². The highest BCUT2D eigenvalue weighted by atomic mass is 35.5. The van der Waals surface area contributed by atoms with E-state index in [1.807, 2.05) is 48.5 Å². The van der Waals surface area contributed by atoms with Crippen LogP contribution < -0.4 is 19.5 Å². The van der Waals surface area contributed by atoms with E-state index in [-0.39, 0.29) is 22.9 Å². The summed E-state index contributed by atoms with van der Waals surface area (Å²) in [7, 11) is -2.50. The second-order valence-electron chi connectivity index (χ2n) is 7.42. The van der Waals surface area contributed by atoms with Crippen molar-refractivity contribution in [3.05, 3.63) is 88.9 Å². The lowest BCUT2D eigenvalue weighted by atomic mass is 10.1. The van der Waals surface area contributed by atoms with Gasteiger partial charge in [0, 0.05) is 12.1 Å². The normalized spacial score (nSPS) is 12.1. The van der Waals surface area contributed by atoms with Crippen LogP contribution in [0, 0.1) is 0 Å². The van der Waals surface area contributed by atoms with Gasteiger partial charge in [0.2, 0.25) is 15.9 Å². The van der Waals surface area contributed by atoms with E-state index in [9.17, 15) is 13.2 Å². The van der Waals surface area contributed by atoms with Gasteiger partial charge in [-0.15, -0.1) is 0 Å². The Hall–Kier alpha value is -3.07. The molecule has 0 aliphatic carbocycles. The average Bonchev–Trinajstić information content (AvgIpc) is 2.84. The largest absolute Gasteiger partial charge is 0.496 e. The average molecular weight is 503 g/mol. The lowest BCUT2D eigenvalue weighted by Crippen LogP contribution is -2.47. The molecule has 0 aromatic heterocycles. The van der Waals surface area contributed by atoms with Gasteiger partial charge in [0.1, 0.15) is 17.5 Å². The van der Waals surface area contributed by atoms with Crippen molar-refractivity contribution in [2.24, 2.45) is 0 Å². The van der Waals surface area contributed by atoms with Gasteiger partial charge in [-0.25, -0.2) is 8.42 Å². The molecule has 0 bridgehead atoms. The first-order valence-corrected chi connectivity index (χ1v) is 12.6. The van der Waals surface area contributed by atoms with Crippen LogP contribution in [0.4, 0.5) is 0 Å². The molecule has 9 heteroatoms. The molecule has 180 valence electrons. The third kappa shape index (κ3) is 6.72. The van der Waals surface area contributed by atoms with Gasteiger partial charge in [-0.3, -0.25) is 4.79 Å². The molecule has 1 atom stereocenters. The summed E-state index contributed by atoms with van der Waals surface area (Å²) in [5, 5.41) is 2.98. The van der Waals surface area contributed by atoms with E-state index in [1.54, 1.807) is 20.1 Å². The fourth-order valence-corrected chi connectivity index (χ4v) is 4.89. The Kier molecular flexibility index (Phi) is 8.92. The lowest BCUT2D eigenvalue weighted by Gasteiger charge is -2.19. The summed E-state index contributed by atoms with van der Waals surface area (Å²) in [6.45, 7) is 2.39. The minimum absolute atomic E-state index is 0.0588. The molecule has 0 heterocycles. The molecule has 0 spiro atoms. The third-order valence-corrected chi connectivity index (χ3v) is 6.82. The molecule has 3 rings (SSSR count). The molecule has 2 N–H and O–H groups in total. The Morgan fingerprint density at radius 2 is 1.71 bits per heavy atom. The van der Waals surface area contributed by atoms with E-state index in [0.717, 1.165) is 11.1 Å². The Morgan fingerprint density at radius 1 is 1.00 bits per heavy atom. The zero-order valence-corrected chi connectivity index (χ0v) is 20.5. The summed E-state index contributed by atoms with van der Waals surface area (Å²) >= 11 is 6.18. The molecule has 0 fully saturated rings. The van der Waals surface area contributed by atoms with Crippen molar-refractivity contribution in [2.75, 3.05) is 13.7 Å². The number of benzene rings is 3. The van der Waals surface area contributed by atoms with Crippen molar-refractivity contribution in [2.45, 2.75) is 30.8 Å². The minimum atomic E-state index is -4.05. The molecular formula is C25H27ClN2O5S. The molecule has 0 aliphatic rings. The second kappa shape index (κ2) is 11.9. The van der Waals surface area contributed by atoms with Crippen LogP contribution in [-0.2, 0) is 27.8 Å². The number of sulfonamides is 1. The number of para-hydroxylation sites is 1. The molecular weight excluding hydrogens is 476 g/mol. The fraction of sp³-hybridized carbons (Fsp3) is 0.240. The number of hydrogen-bond acceptors (Lipinski definition) is 5. The van der Waals surface area contributed by atoms with Gasteiger partial charge in [0.05, 0.1) is 23.6 Å². The zero-order valence-electron chi connectivity index (χ0n) is 19.0. The first kappa shape index (κ1) is 25.6. The monoisotopic (exact) mass is 502 g/mol. The van der Waals surface area contributed by atoms with Crippen molar-refractivity contribution in [3.63, 3.8) is 0 Å². The highest BCUT2D eigenvalue weighted by molar-refractivity contribution is 7.89. The number of carbonyl (C=O) groups excluding carboxylic acids is 1.